The first-order valence-electron chi connectivity index (χ1n) is 8.26. The van der Waals surface area contributed by atoms with Crippen molar-refractivity contribution in [2.24, 2.45) is 5.14 Å². The van der Waals surface area contributed by atoms with Crippen LogP contribution < -0.4 is 10.5 Å². The highest BCUT2D eigenvalue weighted by Gasteiger charge is 2.18. The van der Waals surface area contributed by atoms with E-state index in [1.54, 1.807) is 16.5 Å². The summed E-state index contributed by atoms with van der Waals surface area (Å²) in [6.07, 6.45) is 3.42. The minimum absolute atomic E-state index is 0.0413. The van der Waals surface area contributed by atoms with Crippen LogP contribution in [0.2, 0.25) is 0 Å². The third-order valence-corrected chi connectivity index (χ3v) is 4.94. The zero-order valence-electron chi connectivity index (χ0n) is 14.3. The molecule has 0 aliphatic carbocycles. The average Bonchev–Trinajstić information content (AvgIpc) is 2.97. The van der Waals surface area contributed by atoms with Gasteiger partial charge in [0, 0.05) is 12.7 Å². The summed E-state index contributed by atoms with van der Waals surface area (Å²) in [4.78, 5) is 17.3. The second kappa shape index (κ2) is 7.27. The van der Waals surface area contributed by atoms with Gasteiger partial charge in [-0.2, -0.15) is 0 Å². The van der Waals surface area contributed by atoms with Gasteiger partial charge in [-0.3, -0.25) is 9.20 Å². The third-order valence-electron chi connectivity index (χ3n) is 4.01. The number of carbonyl (C=O) groups excluding carboxylic acids is 1. The van der Waals surface area contributed by atoms with E-state index in [0.717, 1.165) is 23.3 Å². The maximum atomic E-state index is 12.7. The number of imidazole rings is 1. The highest BCUT2D eigenvalue weighted by Crippen LogP contribution is 2.15. The number of rotatable bonds is 6. The number of primary sulfonamides is 1. The molecule has 3 N–H and O–H groups in total. The van der Waals surface area contributed by atoms with E-state index in [1.807, 2.05) is 31.3 Å². The van der Waals surface area contributed by atoms with Gasteiger partial charge in [0.25, 0.3) is 5.91 Å². The second-order valence-electron chi connectivity index (χ2n) is 5.96. The summed E-state index contributed by atoms with van der Waals surface area (Å²) >= 11 is 0. The Morgan fingerprint density at radius 2 is 1.92 bits per heavy atom. The van der Waals surface area contributed by atoms with Gasteiger partial charge in [0.15, 0.2) is 0 Å². The molecule has 0 radical (unpaired) electrons. The summed E-state index contributed by atoms with van der Waals surface area (Å²) in [6, 6.07) is 11.7. The lowest BCUT2D eigenvalue weighted by atomic mass is 10.2. The molecule has 136 valence electrons. The monoisotopic (exact) mass is 372 g/mol. The predicted molar refractivity (Wildman–Crippen MR) is 98.2 cm³/mol. The number of pyridine rings is 1. The Bertz CT molecular complexity index is 1040. The maximum Gasteiger partial charge on any atom is 0.270 e. The summed E-state index contributed by atoms with van der Waals surface area (Å²) < 4.78 is 24.4. The predicted octanol–water partition coefficient (Wildman–Crippen LogP) is 1.86. The molecule has 0 unspecified atom stereocenters. The van der Waals surface area contributed by atoms with Gasteiger partial charge >= 0.3 is 0 Å². The maximum absolute atomic E-state index is 12.7. The van der Waals surface area contributed by atoms with E-state index < -0.39 is 10.0 Å². The molecule has 0 aliphatic heterocycles. The highest BCUT2D eigenvalue weighted by atomic mass is 32.2. The molecule has 2 aromatic heterocycles. The second-order valence-corrected chi connectivity index (χ2v) is 7.52. The van der Waals surface area contributed by atoms with E-state index in [9.17, 15) is 13.2 Å². The highest BCUT2D eigenvalue weighted by molar-refractivity contribution is 7.89. The van der Waals surface area contributed by atoms with Gasteiger partial charge < -0.3 is 5.32 Å². The molecule has 0 aliphatic rings. The molecule has 0 atom stereocenters. The number of sulfonamides is 1. The fourth-order valence-electron chi connectivity index (χ4n) is 2.76. The summed E-state index contributed by atoms with van der Waals surface area (Å²) in [7, 11) is -3.72. The first kappa shape index (κ1) is 18.1. The first-order valence-corrected chi connectivity index (χ1v) is 9.80. The van der Waals surface area contributed by atoms with E-state index in [4.69, 9.17) is 5.14 Å². The van der Waals surface area contributed by atoms with Gasteiger partial charge in [0.2, 0.25) is 10.0 Å². The quantitative estimate of drug-likeness (QED) is 0.689. The number of nitrogens with zero attached hydrogens (tertiary/aromatic N) is 2. The van der Waals surface area contributed by atoms with Crippen molar-refractivity contribution in [1.29, 1.82) is 0 Å². The average molecular weight is 372 g/mol. The summed E-state index contributed by atoms with van der Waals surface area (Å²) in [5, 5.41) is 7.95. The zero-order chi connectivity index (χ0) is 18.7. The molecule has 2 heterocycles. The van der Waals surface area contributed by atoms with E-state index in [2.05, 4.69) is 10.3 Å². The number of fused-ring (bicyclic) bond motifs is 1. The number of benzene rings is 1. The number of aromatic nitrogens is 2. The van der Waals surface area contributed by atoms with Crippen LogP contribution in [0.3, 0.4) is 0 Å². The summed E-state index contributed by atoms with van der Waals surface area (Å²) in [6.45, 7) is 2.31. The fraction of sp³-hybridized carbons (Fsp3) is 0.222. The topological polar surface area (TPSA) is 107 Å². The van der Waals surface area contributed by atoms with Crippen LogP contribution in [-0.2, 0) is 23.0 Å². The Labute approximate surface area is 151 Å². The Morgan fingerprint density at radius 1 is 1.19 bits per heavy atom. The molecule has 8 heteroatoms. The third kappa shape index (κ3) is 3.76. The van der Waals surface area contributed by atoms with Gasteiger partial charge in [-0.1, -0.05) is 31.5 Å². The molecule has 0 bridgehead atoms. The zero-order valence-corrected chi connectivity index (χ0v) is 15.2. The van der Waals surface area contributed by atoms with Crippen molar-refractivity contribution in [1.82, 2.24) is 14.7 Å². The number of hydrogen-bond acceptors (Lipinski definition) is 4. The number of aryl methyl sites for hydroxylation is 1. The Balaban J connectivity index is 1.80. The van der Waals surface area contributed by atoms with Crippen molar-refractivity contribution in [2.75, 3.05) is 0 Å². The molecule has 0 saturated carbocycles. The lowest BCUT2D eigenvalue weighted by Gasteiger charge is -2.08. The van der Waals surface area contributed by atoms with E-state index in [0.29, 0.717) is 12.1 Å². The molecule has 3 aromatic rings. The smallest absolute Gasteiger partial charge is 0.270 e. The number of amides is 1. The van der Waals surface area contributed by atoms with Crippen LogP contribution in [0.25, 0.3) is 5.65 Å². The Hall–Kier alpha value is -2.71. The molecule has 0 fully saturated rings. The summed E-state index contributed by atoms with van der Waals surface area (Å²) in [5.74, 6) is -0.220. The molecule has 1 aromatic carbocycles. The van der Waals surface area contributed by atoms with Gasteiger partial charge in [0.1, 0.15) is 11.3 Å². The fourth-order valence-corrected chi connectivity index (χ4v) is 3.27. The Kier molecular flexibility index (Phi) is 5.06. The minimum Gasteiger partial charge on any atom is -0.347 e. The van der Waals surface area contributed by atoms with Gasteiger partial charge in [-0.05, 0) is 36.2 Å². The van der Waals surface area contributed by atoms with Gasteiger partial charge in [-0.15, -0.1) is 0 Å². The van der Waals surface area contributed by atoms with Crippen LogP contribution in [0.4, 0.5) is 0 Å². The van der Waals surface area contributed by atoms with E-state index in [1.165, 1.54) is 12.1 Å². The van der Waals surface area contributed by atoms with Crippen LogP contribution in [0.1, 0.15) is 35.1 Å². The number of carbonyl (C=O) groups is 1. The van der Waals surface area contributed by atoms with Crippen LogP contribution in [0, 0.1) is 0 Å². The van der Waals surface area contributed by atoms with Crippen LogP contribution in [-0.4, -0.2) is 23.7 Å². The number of hydrogen-bond donors (Lipinski definition) is 2. The number of nitrogens with two attached hydrogens (primary N) is 1. The summed E-state index contributed by atoms with van der Waals surface area (Å²) in [5.41, 5.74) is 2.81. The standard InChI is InChI=1S/C18H20N4O3S/c1-2-5-15-17(22-11-4-3-6-16(22)21-15)18(23)20-12-13-7-9-14(10-8-13)26(19,24)25/h3-4,6-11H,2,5,12H2,1H3,(H,20,23)(H2,19,24,25). The van der Waals surface area contributed by atoms with Gasteiger partial charge in [-0.25, -0.2) is 18.5 Å². The molecule has 1 amide bonds. The van der Waals surface area contributed by atoms with Crippen LogP contribution in [0.5, 0.6) is 0 Å². The molecular weight excluding hydrogens is 352 g/mol. The van der Waals surface area contributed by atoms with E-state index in [-0.39, 0.29) is 17.3 Å². The van der Waals surface area contributed by atoms with Crippen LogP contribution in [0.15, 0.2) is 53.6 Å². The lowest BCUT2D eigenvalue weighted by Crippen LogP contribution is -2.25. The SMILES string of the molecule is CCCc1nc2ccccn2c1C(=O)NCc1ccc(S(N)(=O)=O)cc1. The normalized spacial score (nSPS) is 11.6. The minimum atomic E-state index is -3.72. The van der Waals surface area contributed by atoms with Crippen molar-refractivity contribution in [2.45, 2.75) is 31.2 Å². The van der Waals surface area contributed by atoms with E-state index >= 15 is 0 Å². The van der Waals surface area contributed by atoms with Gasteiger partial charge in [0.05, 0.1) is 10.6 Å². The number of nitrogens with one attached hydrogen (secondary N) is 1. The molecule has 7 nitrogen and oxygen atoms in total. The molecule has 26 heavy (non-hydrogen) atoms. The van der Waals surface area contributed by atoms with Crippen molar-refractivity contribution < 1.29 is 13.2 Å². The van der Waals surface area contributed by atoms with Crippen molar-refractivity contribution in [3.8, 4) is 0 Å². The molecule has 0 spiro atoms. The van der Waals surface area contributed by atoms with Crippen molar-refractivity contribution >= 4 is 21.6 Å². The van der Waals surface area contributed by atoms with Crippen molar-refractivity contribution in [3.63, 3.8) is 0 Å². The van der Waals surface area contributed by atoms with Crippen molar-refractivity contribution in [3.05, 3.63) is 65.6 Å². The lowest BCUT2D eigenvalue weighted by molar-refractivity contribution is 0.0944. The molecule has 3 rings (SSSR count). The first-order chi connectivity index (χ1) is 12.4. The largest absolute Gasteiger partial charge is 0.347 e. The molecular formula is C18H20N4O3S. The van der Waals surface area contributed by atoms with Crippen LogP contribution >= 0.6 is 0 Å². The Morgan fingerprint density at radius 3 is 2.58 bits per heavy atom. The molecule has 0 saturated heterocycles.